The summed E-state index contributed by atoms with van der Waals surface area (Å²) in [6.07, 6.45) is 4.05. The molecule has 2 aromatic carbocycles. The molecular weight excluding hydrogens is 370 g/mol. The summed E-state index contributed by atoms with van der Waals surface area (Å²) in [7, 11) is 0. The highest BCUT2D eigenvalue weighted by Crippen LogP contribution is 2.26. The molecule has 1 saturated heterocycles. The van der Waals surface area contributed by atoms with Gasteiger partial charge < -0.3 is 10.2 Å². The van der Waals surface area contributed by atoms with E-state index in [1.54, 1.807) is 0 Å². The van der Waals surface area contributed by atoms with Crippen LogP contribution in [0.25, 0.3) is 0 Å². The number of aryl methyl sites for hydroxylation is 1. The molecule has 1 aliphatic rings. The lowest BCUT2D eigenvalue weighted by Gasteiger charge is -2.34. The van der Waals surface area contributed by atoms with Gasteiger partial charge in [-0.25, -0.2) is 0 Å². The number of anilines is 1. The van der Waals surface area contributed by atoms with Gasteiger partial charge in [0.15, 0.2) is 0 Å². The third-order valence-corrected chi connectivity index (χ3v) is 5.95. The summed E-state index contributed by atoms with van der Waals surface area (Å²) in [5.74, 6) is 0.326. The third kappa shape index (κ3) is 4.88. The maximum Gasteiger partial charge on any atom is 0.232 e. The lowest BCUT2D eigenvalue weighted by Crippen LogP contribution is -2.40. The summed E-state index contributed by atoms with van der Waals surface area (Å²) in [4.78, 5) is 19.9. The minimum Gasteiger partial charge on any atom is -0.371 e. The van der Waals surface area contributed by atoms with E-state index in [0.29, 0.717) is 5.92 Å². The maximum absolute atomic E-state index is 13.2. The van der Waals surface area contributed by atoms with E-state index in [9.17, 15) is 4.79 Å². The summed E-state index contributed by atoms with van der Waals surface area (Å²) in [6, 6.07) is 24.3. The van der Waals surface area contributed by atoms with E-state index in [2.05, 4.69) is 27.3 Å². The molecule has 30 heavy (non-hydrogen) atoms. The van der Waals surface area contributed by atoms with Crippen LogP contribution in [0.4, 0.5) is 5.69 Å². The molecule has 154 valence electrons. The Morgan fingerprint density at radius 1 is 1.00 bits per heavy atom. The number of carbonyl (C=O) groups excluding carboxylic acids is 1. The molecule has 1 amide bonds. The Morgan fingerprint density at radius 2 is 1.60 bits per heavy atom. The fourth-order valence-electron chi connectivity index (χ4n) is 4.26. The van der Waals surface area contributed by atoms with Gasteiger partial charge in [0.05, 0.1) is 5.92 Å². The van der Waals surface area contributed by atoms with Crippen molar-refractivity contribution >= 4 is 11.6 Å². The van der Waals surface area contributed by atoms with Crippen molar-refractivity contribution in [1.82, 2.24) is 10.3 Å². The van der Waals surface area contributed by atoms with Gasteiger partial charge in [0.25, 0.3) is 0 Å². The molecule has 1 aliphatic heterocycles. The molecule has 4 nitrogen and oxygen atoms in total. The molecule has 0 aliphatic carbocycles. The third-order valence-electron chi connectivity index (χ3n) is 5.95. The smallest absolute Gasteiger partial charge is 0.232 e. The van der Waals surface area contributed by atoms with Gasteiger partial charge in [0.1, 0.15) is 0 Å². The predicted octanol–water partition coefficient (Wildman–Crippen LogP) is 4.55. The van der Waals surface area contributed by atoms with Crippen molar-refractivity contribution in [3.63, 3.8) is 0 Å². The second kappa shape index (κ2) is 9.57. The monoisotopic (exact) mass is 399 g/mol. The zero-order chi connectivity index (χ0) is 20.8. The van der Waals surface area contributed by atoms with Crippen molar-refractivity contribution in [2.45, 2.75) is 25.7 Å². The van der Waals surface area contributed by atoms with Crippen LogP contribution in [-0.4, -0.2) is 30.5 Å². The normalized spacial score (nSPS) is 14.7. The molecule has 0 radical (unpaired) electrons. The van der Waals surface area contributed by atoms with Crippen LogP contribution in [0.15, 0.2) is 79.0 Å². The van der Waals surface area contributed by atoms with Crippen molar-refractivity contribution in [2.24, 2.45) is 5.92 Å². The standard InChI is InChI=1S/C26H29N3O/c1-20-18-24(12-15-27-20)29-16-13-21(14-17-29)19-28-26(30)25(22-8-4-2-5-9-22)23-10-6-3-7-11-23/h2-12,15,18,21,25H,13-14,16-17,19H2,1H3,(H,28,30). The van der Waals surface area contributed by atoms with Crippen molar-refractivity contribution in [3.8, 4) is 0 Å². The van der Waals surface area contributed by atoms with Crippen LogP contribution in [0.3, 0.4) is 0 Å². The lowest BCUT2D eigenvalue weighted by atomic mass is 9.90. The molecule has 2 heterocycles. The minimum atomic E-state index is -0.271. The Kier molecular flexibility index (Phi) is 6.43. The zero-order valence-electron chi connectivity index (χ0n) is 17.5. The van der Waals surface area contributed by atoms with Crippen LogP contribution < -0.4 is 10.2 Å². The largest absolute Gasteiger partial charge is 0.371 e. The number of benzene rings is 2. The Morgan fingerprint density at radius 3 is 2.17 bits per heavy atom. The first kappa shape index (κ1) is 20.1. The SMILES string of the molecule is Cc1cc(N2CCC(CNC(=O)C(c3ccccc3)c3ccccc3)CC2)ccn1. The second-order valence-corrected chi connectivity index (χ2v) is 8.09. The maximum atomic E-state index is 13.2. The first-order valence-corrected chi connectivity index (χ1v) is 10.8. The Hall–Kier alpha value is -3.14. The summed E-state index contributed by atoms with van der Waals surface area (Å²) in [5.41, 5.74) is 4.36. The molecule has 3 aromatic rings. The Labute approximate surface area is 179 Å². The van der Waals surface area contributed by atoms with Crippen molar-refractivity contribution in [2.75, 3.05) is 24.5 Å². The highest BCUT2D eigenvalue weighted by Gasteiger charge is 2.25. The number of nitrogens with one attached hydrogen (secondary N) is 1. The van der Waals surface area contributed by atoms with Gasteiger partial charge in [0.2, 0.25) is 5.91 Å². The highest BCUT2D eigenvalue weighted by molar-refractivity contribution is 5.87. The van der Waals surface area contributed by atoms with Crippen LogP contribution >= 0.6 is 0 Å². The van der Waals surface area contributed by atoms with E-state index < -0.39 is 0 Å². The van der Waals surface area contributed by atoms with Gasteiger partial charge >= 0.3 is 0 Å². The van der Waals surface area contributed by atoms with Crippen LogP contribution in [0.2, 0.25) is 0 Å². The number of carbonyl (C=O) groups is 1. The summed E-state index contributed by atoms with van der Waals surface area (Å²) < 4.78 is 0. The van der Waals surface area contributed by atoms with Crippen LogP contribution in [0.1, 0.15) is 35.6 Å². The van der Waals surface area contributed by atoms with Crippen molar-refractivity contribution in [1.29, 1.82) is 0 Å². The van der Waals surface area contributed by atoms with Crippen molar-refractivity contribution < 1.29 is 4.79 Å². The molecule has 0 bridgehead atoms. The van der Waals surface area contributed by atoms with Gasteiger partial charge in [-0.05, 0) is 48.9 Å². The molecule has 0 spiro atoms. The van der Waals surface area contributed by atoms with E-state index >= 15 is 0 Å². The number of amides is 1. The number of hydrogen-bond acceptors (Lipinski definition) is 3. The average molecular weight is 400 g/mol. The first-order valence-electron chi connectivity index (χ1n) is 10.8. The lowest BCUT2D eigenvalue weighted by molar-refractivity contribution is -0.121. The average Bonchev–Trinajstić information content (AvgIpc) is 2.80. The zero-order valence-corrected chi connectivity index (χ0v) is 17.5. The van der Waals surface area contributed by atoms with Crippen LogP contribution in [0.5, 0.6) is 0 Å². The number of piperidine rings is 1. The van der Waals surface area contributed by atoms with Gasteiger partial charge in [-0.2, -0.15) is 0 Å². The quantitative estimate of drug-likeness (QED) is 0.661. The molecule has 4 rings (SSSR count). The van der Waals surface area contributed by atoms with E-state index in [1.807, 2.05) is 73.8 Å². The van der Waals surface area contributed by atoms with E-state index in [-0.39, 0.29) is 11.8 Å². The number of pyridine rings is 1. The second-order valence-electron chi connectivity index (χ2n) is 8.09. The fraction of sp³-hybridized carbons (Fsp3) is 0.308. The van der Waals surface area contributed by atoms with E-state index in [4.69, 9.17) is 0 Å². The molecule has 0 unspecified atom stereocenters. The highest BCUT2D eigenvalue weighted by atomic mass is 16.1. The minimum absolute atomic E-state index is 0.0830. The van der Waals surface area contributed by atoms with E-state index in [0.717, 1.165) is 49.3 Å². The van der Waals surface area contributed by atoms with Crippen molar-refractivity contribution in [3.05, 3.63) is 95.8 Å². The number of aromatic nitrogens is 1. The Bertz CT molecular complexity index is 911. The molecule has 1 aromatic heterocycles. The predicted molar refractivity (Wildman–Crippen MR) is 122 cm³/mol. The molecule has 1 fully saturated rings. The van der Waals surface area contributed by atoms with Gasteiger partial charge in [-0.3, -0.25) is 9.78 Å². The van der Waals surface area contributed by atoms with Crippen LogP contribution in [0, 0.1) is 12.8 Å². The van der Waals surface area contributed by atoms with Gasteiger partial charge in [-0.15, -0.1) is 0 Å². The summed E-state index contributed by atoms with van der Waals surface area (Å²) >= 11 is 0. The molecule has 1 N–H and O–H groups in total. The number of nitrogens with zero attached hydrogens (tertiary/aromatic N) is 2. The Balaban J connectivity index is 1.36. The molecule has 0 saturated carbocycles. The first-order chi connectivity index (χ1) is 14.7. The molecular formula is C26H29N3O. The fourth-order valence-corrected chi connectivity index (χ4v) is 4.26. The van der Waals surface area contributed by atoms with Gasteiger partial charge in [0, 0.05) is 37.2 Å². The van der Waals surface area contributed by atoms with Gasteiger partial charge in [-0.1, -0.05) is 60.7 Å². The van der Waals surface area contributed by atoms with E-state index in [1.165, 1.54) is 5.69 Å². The topological polar surface area (TPSA) is 45.2 Å². The molecule has 4 heteroatoms. The number of hydrogen-bond donors (Lipinski definition) is 1. The summed E-state index contributed by atoms with van der Waals surface area (Å²) in [5, 5.41) is 3.25. The molecule has 0 atom stereocenters. The van der Waals surface area contributed by atoms with Crippen LogP contribution in [-0.2, 0) is 4.79 Å². The summed E-state index contributed by atoms with van der Waals surface area (Å²) in [6.45, 7) is 4.80. The number of rotatable bonds is 6.